The van der Waals surface area contributed by atoms with Crippen molar-refractivity contribution in [3.8, 4) is 11.1 Å². The summed E-state index contributed by atoms with van der Waals surface area (Å²) in [5, 5.41) is 2.44. The number of amides is 2. The van der Waals surface area contributed by atoms with Crippen LogP contribution in [0, 0.1) is 17.5 Å². The van der Waals surface area contributed by atoms with Gasteiger partial charge < -0.3 is 10.2 Å². The zero-order valence-electron chi connectivity index (χ0n) is 17.0. The lowest BCUT2D eigenvalue weighted by Gasteiger charge is -2.22. The Bertz CT molecular complexity index is 1040. The van der Waals surface area contributed by atoms with E-state index in [1.54, 1.807) is 6.92 Å². The normalized spacial score (nSPS) is 17.3. The van der Waals surface area contributed by atoms with E-state index in [4.69, 9.17) is 0 Å². The molecule has 31 heavy (non-hydrogen) atoms. The minimum Gasteiger partial charge on any atom is -0.324 e. The molecular formula is C21H24F3N3O3S. The van der Waals surface area contributed by atoms with Gasteiger partial charge in [0.1, 0.15) is 17.5 Å². The van der Waals surface area contributed by atoms with Crippen LogP contribution < -0.4 is 10.0 Å². The van der Waals surface area contributed by atoms with Crippen molar-refractivity contribution in [2.45, 2.75) is 32.2 Å². The Kier molecular flexibility index (Phi) is 7.22. The molecule has 0 aromatic heterocycles. The number of halogens is 3. The maximum atomic E-state index is 14.5. The van der Waals surface area contributed by atoms with E-state index < -0.39 is 39.1 Å². The quantitative estimate of drug-likeness (QED) is 0.713. The van der Waals surface area contributed by atoms with Crippen molar-refractivity contribution in [2.24, 2.45) is 0 Å². The molecule has 1 atom stereocenters. The zero-order valence-corrected chi connectivity index (χ0v) is 17.8. The number of urea groups is 1. The Labute approximate surface area is 179 Å². The molecular weight excluding hydrogens is 431 g/mol. The van der Waals surface area contributed by atoms with E-state index in [0.717, 1.165) is 18.2 Å². The number of hydrogen-bond acceptors (Lipinski definition) is 3. The first-order valence-electron chi connectivity index (χ1n) is 10.0. The first-order valence-corrected chi connectivity index (χ1v) is 11.7. The van der Waals surface area contributed by atoms with E-state index in [1.165, 1.54) is 23.1 Å². The molecule has 2 N–H and O–H groups in total. The van der Waals surface area contributed by atoms with Crippen molar-refractivity contribution in [1.82, 2.24) is 9.62 Å². The highest BCUT2D eigenvalue weighted by Crippen LogP contribution is 2.34. The fourth-order valence-corrected chi connectivity index (χ4v) is 4.47. The summed E-state index contributed by atoms with van der Waals surface area (Å²) in [6.45, 7) is 2.14. The topological polar surface area (TPSA) is 78.5 Å². The van der Waals surface area contributed by atoms with Gasteiger partial charge in [-0.25, -0.2) is 31.1 Å². The van der Waals surface area contributed by atoms with Crippen LogP contribution in [0.3, 0.4) is 0 Å². The molecule has 2 aromatic carbocycles. The van der Waals surface area contributed by atoms with Crippen LogP contribution in [0.4, 0.5) is 23.7 Å². The van der Waals surface area contributed by atoms with E-state index in [-0.39, 0.29) is 29.6 Å². The van der Waals surface area contributed by atoms with Crippen LogP contribution >= 0.6 is 0 Å². The molecule has 1 aliphatic heterocycles. The van der Waals surface area contributed by atoms with Crippen molar-refractivity contribution >= 4 is 21.7 Å². The summed E-state index contributed by atoms with van der Waals surface area (Å²) >= 11 is 0. The third kappa shape index (κ3) is 5.56. The Hall–Kier alpha value is -2.59. The van der Waals surface area contributed by atoms with Crippen molar-refractivity contribution in [3.63, 3.8) is 0 Å². The number of benzene rings is 2. The minimum atomic E-state index is -3.36. The summed E-state index contributed by atoms with van der Waals surface area (Å²) in [6, 6.07) is 6.13. The van der Waals surface area contributed by atoms with Crippen molar-refractivity contribution in [1.29, 1.82) is 0 Å². The van der Waals surface area contributed by atoms with Crippen LogP contribution in [0.2, 0.25) is 0 Å². The minimum absolute atomic E-state index is 0.0314. The number of nitrogens with one attached hydrogen (secondary N) is 2. The third-order valence-electron chi connectivity index (χ3n) is 5.22. The number of anilines is 1. The predicted molar refractivity (Wildman–Crippen MR) is 113 cm³/mol. The highest BCUT2D eigenvalue weighted by molar-refractivity contribution is 7.89. The molecule has 1 fully saturated rings. The number of para-hydroxylation sites is 1. The first-order chi connectivity index (χ1) is 14.7. The van der Waals surface area contributed by atoms with Gasteiger partial charge in [-0.05, 0) is 44.4 Å². The van der Waals surface area contributed by atoms with E-state index in [2.05, 4.69) is 10.0 Å². The van der Waals surface area contributed by atoms with Gasteiger partial charge in [0.15, 0.2) is 0 Å². The third-order valence-corrected chi connectivity index (χ3v) is 6.67. The summed E-state index contributed by atoms with van der Waals surface area (Å²) in [4.78, 5) is 14.2. The molecule has 0 spiro atoms. The molecule has 0 saturated carbocycles. The Balaban J connectivity index is 1.78. The average Bonchev–Trinajstić information content (AvgIpc) is 2.95. The maximum absolute atomic E-state index is 14.5. The highest BCUT2D eigenvalue weighted by Gasteiger charge is 2.25. The van der Waals surface area contributed by atoms with Crippen LogP contribution in [-0.4, -0.2) is 44.2 Å². The number of nitrogens with zero attached hydrogens (tertiary/aromatic N) is 1. The molecule has 0 unspecified atom stereocenters. The monoisotopic (exact) mass is 455 g/mol. The van der Waals surface area contributed by atoms with Crippen molar-refractivity contribution in [3.05, 3.63) is 53.8 Å². The molecule has 6 nitrogen and oxygen atoms in total. The van der Waals surface area contributed by atoms with Gasteiger partial charge in [0.25, 0.3) is 0 Å². The Morgan fingerprint density at radius 2 is 1.68 bits per heavy atom. The standard InChI is InChI=1S/C21H24F3N3O3S/c1-2-31(29,30)26-14-6-5-12-27(13-11-14)21(28)25-20-15(7-3-10-18(20)24)19-16(22)8-4-9-17(19)23/h3-4,7-10,14,26H,2,5-6,11-13H2,1H3,(H,25,28)/t14-/m0/s1. The van der Waals surface area contributed by atoms with E-state index in [0.29, 0.717) is 25.8 Å². The lowest BCUT2D eigenvalue weighted by atomic mass is 10.0. The molecule has 2 aromatic rings. The average molecular weight is 456 g/mol. The summed E-state index contributed by atoms with van der Waals surface area (Å²) in [7, 11) is -3.36. The van der Waals surface area contributed by atoms with Gasteiger partial charge in [-0.2, -0.15) is 0 Å². The number of carbonyl (C=O) groups excluding carboxylic acids is 1. The molecule has 0 radical (unpaired) electrons. The second-order valence-corrected chi connectivity index (χ2v) is 9.37. The summed E-state index contributed by atoms with van der Waals surface area (Å²) in [5.74, 6) is -2.60. The summed E-state index contributed by atoms with van der Waals surface area (Å²) in [6.07, 6.45) is 1.52. The molecule has 1 saturated heterocycles. The zero-order chi connectivity index (χ0) is 22.6. The van der Waals surface area contributed by atoms with Gasteiger partial charge in [-0.15, -0.1) is 0 Å². The number of sulfonamides is 1. The van der Waals surface area contributed by atoms with Crippen LogP contribution in [0.5, 0.6) is 0 Å². The van der Waals surface area contributed by atoms with Crippen LogP contribution in [-0.2, 0) is 10.0 Å². The van der Waals surface area contributed by atoms with Gasteiger partial charge in [0, 0.05) is 24.7 Å². The van der Waals surface area contributed by atoms with Gasteiger partial charge >= 0.3 is 6.03 Å². The molecule has 0 aliphatic carbocycles. The SMILES string of the molecule is CCS(=O)(=O)N[C@H]1CCCN(C(=O)Nc2c(F)cccc2-c2c(F)cccc2F)CC1. The van der Waals surface area contributed by atoms with E-state index in [9.17, 15) is 26.4 Å². The van der Waals surface area contributed by atoms with Crippen molar-refractivity contribution < 1.29 is 26.4 Å². The van der Waals surface area contributed by atoms with Crippen molar-refractivity contribution in [2.75, 3.05) is 24.2 Å². The molecule has 2 amide bonds. The number of carbonyl (C=O) groups is 1. The predicted octanol–water partition coefficient (Wildman–Crippen LogP) is 4.10. The maximum Gasteiger partial charge on any atom is 0.321 e. The lowest BCUT2D eigenvalue weighted by Crippen LogP contribution is -2.38. The van der Waals surface area contributed by atoms with Gasteiger partial charge in [-0.1, -0.05) is 18.2 Å². The number of likely N-dealkylation sites (tertiary alicyclic amines) is 1. The molecule has 1 heterocycles. The van der Waals surface area contributed by atoms with Gasteiger partial charge in [0.2, 0.25) is 10.0 Å². The fourth-order valence-electron chi connectivity index (χ4n) is 3.56. The second-order valence-electron chi connectivity index (χ2n) is 7.33. The fraction of sp³-hybridized carbons (Fsp3) is 0.381. The Morgan fingerprint density at radius 3 is 2.35 bits per heavy atom. The highest BCUT2D eigenvalue weighted by atomic mass is 32.2. The van der Waals surface area contributed by atoms with E-state index >= 15 is 0 Å². The van der Waals surface area contributed by atoms with E-state index in [1.807, 2.05) is 0 Å². The summed E-state index contributed by atoms with van der Waals surface area (Å²) < 4.78 is 69.3. The molecule has 168 valence electrons. The number of rotatable bonds is 5. The molecule has 0 bridgehead atoms. The lowest BCUT2D eigenvalue weighted by molar-refractivity contribution is 0.213. The molecule has 1 aliphatic rings. The largest absolute Gasteiger partial charge is 0.324 e. The molecule has 3 rings (SSSR count). The molecule has 10 heteroatoms. The first kappa shape index (κ1) is 23.1. The summed E-state index contributed by atoms with van der Waals surface area (Å²) in [5.41, 5.74) is -0.849. The second kappa shape index (κ2) is 9.69. The van der Waals surface area contributed by atoms with Crippen LogP contribution in [0.25, 0.3) is 11.1 Å². The van der Waals surface area contributed by atoms with Gasteiger partial charge in [-0.3, -0.25) is 0 Å². The van der Waals surface area contributed by atoms with Crippen LogP contribution in [0.1, 0.15) is 26.2 Å². The van der Waals surface area contributed by atoms with Crippen LogP contribution in [0.15, 0.2) is 36.4 Å². The Morgan fingerprint density at radius 1 is 1.03 bits per heavy atom. The smallest absolute Gasteiger partial charge is 0.321 e. The van der Waals surface area contributed by atoms with Gasteiger partial charge in [0.05, 0.1) is 17.0 Å². The number of hydrogen-bond donors (Lipinski definition) is 2.